The van der Waals surface area contributed by atoms with Gasteiger partial charge in [-0.2, -0.15) is 0 Å². The predicted octanol–water partition coefficient (Wildman–Crippen LogP) is 3.53. The summed E-state index contributed by atoms with van der Waals surface area (Å²) in [6, 6.07) is 0. The molecule has 96 valence electrons. The number of rotatable bonds is 7. The first kappa shape index (κ1) is 15.6. The van der Waals surface area contributed by atoms with Crippen molar-refractivity contribution >= 4 is 12.1 Å². The fourth-order valence-corrected chi connectivity index (χ4v) is 1.49. The maximum absolute atomic E-state index is 11.4. The summed E-state index contributed by atoms with van der Waals surface area (Å²) in [7, 11) is 0. The van der Waals surface area contributed by atoms with Crippen LogP contribution in [0.5, 0.6) is 0 Å². The average Bonchev–Trinajstić information content (AvgIpc) is 2.30. The first-order valence-corrected chi connectivity index (χ1v) is 6.23. The minimum Gasteiger partial charge on any atom is -0.298 e. The lowest BCUT2D eigenvalue weighted by atomic mass is 10.1. The normalized spacial score (nSPS) is 11.9. The van der Waals surface area contributed by atoms with Crippen LogP contribution in [0.2, 0.25) is 0 Å². The summed E-state index contributed by atoms with van der Waals surface area (Å²) in [5.41, 5.74) is 1.17. The Hall–Kier alpha value is -1.38. The van der Waals surface area contributed by atoms with Crippen LogP contribution in [0.15, 0.2) is 29.0 Å². The molecule has 0 aliphatic heterocycles. The summed E-state index contributed by atoms with van der Waals surface area (Å²) in [5.74, 6) is 0.515. The molecule has 0 rings (SSSR count). The molecular weight excluding hydrogens is 212 g/mol. The molecule has 0 spiro atoms. The molecular formula is C14H24N2O. The van der Waals surface area contributed by atoms with Crippen LogP contribution in [0.1, 0.15) is 47.0 Å². The summed E-state index contributed by atoms with van der Waals surface area (Å²) >= 11 is 0. The molecule has 3 heteroatoms. The van der Waals surface area contributed by atoms with E-state index in [-0.39, 0.29) is 5.91 Å². The molecule has 1 amide bonds. The highest BCUT2D eigenvalue weighted by atomic mass is 16.2. The second kappa shape index (κ2) is 8.74. The van der Waals surface area contributed by atoms with E-state index < -0.39 is 0 Å². The average molecular weight is 236 g/mol. The SMILES string of the molecule is C=C(/N=C\C(=C/C)CCC)N(CCC)C(C)=O. The summed E-state index contributed by atoms with van der Waals surface area (Å²) < 4.78 is 0. The highest BCUT2D eigenvalue weighted by Crippen LogP contribution is 2.07. The standard InChI is InChI=1S/C14H24N2O/c1-6-9-14(8-3)11-15-12(4)16(10-7-2)13(5)17/h8,11H,4,6-7,9-10H2,1-3,5H3/b14-8-,15-11-. The van der Waals surface area contributed by atoms with Gasteiger partial charge in [0, 0.05) is 19.7 Å². The third kappa shape index (κ3) is 6.05. The third-order valence-electron chi connectivity index (χ3n) is 2.43. The van der Waals surface area contributed by atoms with Gasteiger partial charge in [0.15, 0.2) is 0 Å². The summed E-state index contributed by atoms with van der Waals surface area (Å²) in [5, 5.41) is 0. The number of hydrogen-bond acceptors (Lipinski definition) is 2. The first-order valence-electron chi connectivity index (χ1n) is 6.23. The lowest BCUT2D eigenvalue weighted by Crippen LogP contribution is -2.27. The van der Waals surface area contributed by atoms with Gasteiger partial charge in [0.2, 0.25) is 5.91 Å². The lowest BCUT2D eigenvalue weighted by Gasteiger charge is -2.19. The van der Waals surface area contributed by atoms with Gasteiger partial charge < -0.3 is 0 Å². The van der Waals surface area contributed by atoms with Gasteiger partial charge in [-0.1, -0.05) is 32.9 Å². The molecule has 0 N–H and O–H groups in total. The Kier molecular flexibility index (Phi) is 8.03. The zero-order chi connectivity index (χ0) is 13.3. The highest BCUT2D eigenvalue weighted by molar-refractivity contribution is 5.80. The molecule has 0 aliphatic carbocycles. The van der Waals surface area contributed by atoms with Crippen molar-refractivity contribution in [2.75, 3.05) is 6.54 Å². The van der Waals surface area contributed by atoms with E-state index in [1.807, 2.05) is 19.9 Å². The zero-order valence-electron chi connectivity index (χ0n) is 11.5. The Balaban J connectivity index is 4.59. The van der Waals surface area contributed by atoms with Crippen molar-refractivity contribution < 1.29 is 4.79 Å². The van der Waals surface area contributed by atoms with Crippen molar-refractivity contribution in [3.8, 4) is 0 Å². The van der Waals surface area contributed by atoms with Crippen LogP contribution < -0.4 is 0 Å². The van der Waals surface area contributed by atoms with E-state index in [4.69, 9.17) is 0 Å². The fourth-order valence-electron chi connectivity index (χ4n) is 1.49. The largest absolute Gasteiger partial charge is 0.298 e. The van der Waals surface area contributed by atoms with Crippen molar-refractivity contribution in [2.24, 2.45) is 4.99 Å². The van der Waals surface area contributed by atoms with Crippen molar-refractivity contribution in [2.45, 2.75) is 47.0 Å². The van der Waals surface area contributed by atoms with Crippen LogP contribution >= 0.6 is 0 Å². The van der Waals surface area contributed by atoms with Gasteiger partial charge in [0.25, 0.3) is 0 Å². The Bertz CT molecular complexity index is 316. The van der Waals surface area contributed by atoms with Gasteiger partial charge in [-0.15, -0.1) is 0 Å². The van der Waals surface area contributed by atoms with E-state index in [2.05, 4.69) is 18.5 Å². The molecule has 0 saturated carbocycles. The molecule has 0 aliphatic rings. The second-order valence-electron chi connectivity index (χ2n) is 3.96. The number of carbonyl (C=O) groups excluding carboxylic acids is 1. The van der Waals surface area contributed by atoms with Gasteiger partial charge in [-0.3, -0.25) is 9.69 Å². The second-order valence-corrected chi connectivity index (χ2v) is 3.96. The van der Waals surface area contributed by atoms with Gasteiger partial charge in [-0.25, -0.2) is 4.99 Å². The number of hydrogen-bond donors (Lipinski definition) is 0. The maximum Gasteiger partial charge on any atom is 0.225 e. The van der Waals surface area contributed by atoms with E-state index >= 15 is 0 Å². The molecule has 0 heterocycles. The van der Waals surface area contributed by atoms with Crippen molar-refractivity contribution in [1.29, 1.82) is 0 Å². The van der Waals surface area contributed by atoms with Gasteiger partial charge in [-0.05, 0) is 25.3 Å². The summed E-state index contributed by atoms with van der Waals surface area (Å²) in [6.07, 6.45) is 6.83. The van der Waals surface area contributed by atoms with Gasteiger partial charge >= 0.3 is 0 Å². The van der Waals surface area contributed by atoms with E-state index in [0.29, 0.717) is 12.4 Å². The van der Waals surface area contributed by atoms with Crippen LogP contribution in [0.25, 0.3) is 0 Å². The number of carbonyl (C=O) groups is 1. The molecule has 0 aromatic carbocycles. The molecule has 3 nitrogen and oxygen atoms in total. The number of aliphatic imine (C=N–C) groups is 1. The Morgan fingerprint density at radius 1 is 1.35 bits per heavy atom. The number of amides is 1. The van der Waals surface area contributed by atoms with E-state index in [1.54, 1.807) is 18.0 Å². The van der Waals surface area contributed by atoms with Crippen LogP contribution in [0.3, 0.4) is 0 Å². The quantitative estimate of drug-likeness (QED) is 0.622. The summed E-state index contributed by atoms with van der Waals surface area (Å²) in [6.45, 7) is 12.2. The molecule has 0 aromatic rings. The van der Waals surface area contributed by atoms with Crippen LogP contribution in [0, 0.1) is 0 Å². The van der Waals surface area contributed by atoms with E-state index in [1.165, 1.54) is 5.57 Å². The lowest BCUT2D eigenvalue weighted by molar-refractivity contribution is -0.127. The van der Waals surface area contributed by atoms with Crippen molar-refractivity contribution in [3.05, 3.63) is 24.0 Å². The number of nitrogens with zero attached hydrogens (tertiary/aromatic N) is 2. The van der Waals surface area contributed by atoms with Gasteiger partial charge in [0.05, 0.1) is 0 Å². The summed E-state index contributed by atoms with van der Waals surface area (Å²) in [4.78, 5) is 17.3. The molecule has 0 unspecified atom stereocenters. The van der Waals surface area contributed by atoms with Crippen LogP contribution in [0.4, 0.5) is 0 Å². The molecule has 0 radical (unpaired) electrons. The van der Waals surface area contributed by atoms with E-state index in [9.17, 15) is 4.79 Å². The maximum atomic E-state index is 11.4. The minimum absolute atomic E-state index is 0.00785. The van der Waals surface area contributed by atoms with E-state index in [0.717, 1.165) is 19.3 Å². The van der Waals surface area contributed by atoms with Crippen molar-refractivity contribution in [1.82, 2.24) is 4.90 Å². The minimum atomic E-state index is -0.00785. The molecule has 0 fully saturated rings. The fraction of sp³-hybridized carbons (Fsp3) is 0.571. The van der Waals surface area contributed by atoms with Crippen LogP contribution in [-0.2, 0) is 4.79 Å². The van der Waals surface area contributed by atoms with Gasteiger partial charge in [0.1, 0.15) is 5.82 Å². The smallest absolute Gasteiger partial charge is 0.225 e. The van der Waals surface area contributed by atoms with Crippen LogP contribution in [-0.4, -0.2) is 23.6 Å². The Labute approximate surface area is 105 Å². The third-order valence-corrected chi connectivity index (χ3v) is 2.43. The highest BCUT2D eigenvalue weighted by Gasteiger charge is 2.09. The monoisotopic (exact) mass is 236 g/mol. The zero-order valence-corrected chi connectivity index (χ0v) is 11.5. The topological polar surface area (TPSA) is 32.7 Å². The molecule has 17 heavy (non-hydrogen) atoms. The molecule has 0 saturated heterocycles. The first-order chi connectivity index (χ1) is 8.06. The van der Waals surface area contributed by atoms with Crippen molar-refractivity contribution in [3.63, 3.8) is 0 Å². The Morgan fingerprint density at radius 3 is 2.41 bits per heavy atom. The molecule has 0 bridgehead atoms. The molecule has 0 aromatic heterocycles. The molecule has 0 atom stereocenters. The predicted molar refractivity (Wildman–Crippen MR) is 74.0 cm³/mol. The number of allylic oxidation sites excluding steroid dienone is 2. The Morgan fingerprint density at radius 2 is 2.00 bits per heavy atom.